The van der Waals surface area contributed by atoms with Crippen LogP contribution in [0.1, 0.15) is 79.1 Å². The number of allylic oxidation sites excluding steroid dienone is 1. The van der Waals surface area contributed by atoms with E-state index < -0.39 is 0 Å². The normalized spacial score (nSPS) is 45.2. The van der Waals surface area contributed by atoms with Crippen LogP contribution < -0.4 is 29.6 Å². The fourth-order valence-corrected chi connectivity index (χ4v) is 7.80. The van der Waals surface area contributed by atoms with Gasteiger partial charge >= 0.3 is 35.5 Å². The summed E-state index contributed by atoms with van der Waals surface area (Å²) in [7, 11) is 0. The fourth-order valence-electron chi connectivity index (χ4n) is 7.80. The molecule has 5 heteroatoms. The molecular weight excluding hydrogens is 358 g/mol. The largest absolute Gasteiger partial charge is 1.00 e. The van der Waals surface area contributed by atoms with Crippen molar-refractivity contribution < 1.29 is 44.2 Å². The number of hydrogen-bond donors (Lipinski definition) is 1. The second-order valence-electron chi connectivity index (χ2n) is 10.2. The van der Waals surface area contributed by atoms with E-state index in [4.69, 9.17) is 4.74 Å². The van der Waals surface area contributed by atoms with E-state index >= 15 is 0 Å². The van der Waals surface area contributed by atoms with E-state index in [0.717, 1.165) is 37.0 Å². The molecule has 0 radical (unpaired) electrons. The van der Waals surface area contributed by atoms with E-state index in [-0.39, 0.29) is 56.1 Å². The number of hydrogen-bond acceptors (Lipinski definition) is 3. The summed E-state index contributed by atoms with van der Waals surface area (Å²) in [5, 5.41) is 10.3. The number of carbonyl (C=O) groups excluding carboxylic acids is 1. The molecule has 1 N–H and O–H groups in total. The minimum Gasteiger partial charge on any atom is -0.462 e. The van der Waals surface area contributed by atoms with Gasteiger partial charge in [-0.1, -0.05) is 33.9 Å². The van der Waals surface area contributed by atoms with Crippen LogP contribution in [0.4, 0.5) is 0 Å². The number of esters is 1. The second-order valence-corrected chi connectivity index (χ2v) is 10.2. The molecule has 0 heterocycles. The SMILES string of the molecule is CC(=O)OC1CC[C@@]2(C)C(=CC[C@H]3[C@@H]4CC[C@H](C(C)O)[C@@]4(C)CC[C@@H]32)C1.[BH4-].[Na+]. The molecule has 3 nitrogen and oxygen atoms in total. The molecule has 0 bridgehead atoms. The average Bonchev–Trinajstić information content (AvgIpc) is 2.92. The van der Waals surface area contributed by atoms with Crippen molar-refractivity contribution in [1.29, 1.82) is 0 Å². The van der Waals surface area contributed by atoms with Crippen molar-refractivity contribution >= 4 is 14.4 Å². The third-order valence-corrected chi connectivity index (χ3v) is 9.05. The number of aliphatic hydroxyl groups excluding tert-OH is 1. The van der Waals surface area contributed by atoms with Crippen molar-refractivity contribution in [1.82, 2.24) is 0 Å². The van der Waals surface area contributed by atoms with Crippen molar-refractivity contribution in [2.45, 2.75) is 91.3 Å². The Morgan fingerprint density at radius 2 is 1.89 bits per heavy atom. The Morgan fingerprint density at radius 3 is 2.54 bits per heavy atom. The molecule has 0 aromatic rings. The standard InChI is InChI=1S/C23H36O3.BH4.Na/c1-14(24)19-7-8-20-18-6-5-16-13-17(26-15(2)25)9-11-22(16,3)21(18)10-12-23(19,20)4;;/h5,14,17-21,24H,6-13H2,1-4H3;1H4;/q;-1;+1/t14?,17?,18-,19+,20-,21-,22-,23+;;/m0../s1. The van der Waals surface area contributed by atoms with E-state index in [1.165, 1.54) is 39.0 Å². The molecule has 3 saturated carbocycles. The molecule has 154 valence electrons. The Bertz CT molecular complexity index is 621. The van der Waals surface area contributed by atoms with Crippen LogP contribution in [-0.4, -0.2) is 31.7 Å². The van der Waals surface area contributed by atoms with Gasteiger partial charge in [-0.05, 0) is 86.4 Å². The molecule has 8 atom stereocenters. The number of fused-ring (bicyclic) bond motifs is 5. The number of carbonyl (C=O) groups is 1. The van der Waals surface area contributed by atoms with Gasteiger partial charge in [-0.25, -0.2) is 0 Å². The summed E-state index contributed by atoms with van der Waals surface area (Å²) in [5.41, 5.74) is 2.18. The molecule has 0 amide bonds. The van der Waals surface area contributed by atoms with Crippen LogP contribution in [0, 0.1) is 34.5 Å². The van der Waals surface area contributed by atoms with Crippen LogP contribution in [0.5, 0.6) is 0 Å². The molecule has 0 aliphatic heterocycles. The van der Waals surface area contributed by atoms with Crippen molar-refractivity contribution in [3.8, 4) is 0 Å². The summed E-state index contributed by atoms with van der Waals surface area (Å²) >= 11 is 0. The van der Waals surface area contributed by atoms with Gasteiger partial charge < -0.3 is 9.84 Å². The summed E-state index contributed by atoms with van der Waals surface area (Å²) in [4.78, 5) is 11.4. The van der Waals surface area contributed by atoms with Gasteiger partial charge in [-0.15, -0.1) is 0 Å². The van der Waals surface area contributed by atoms with Gasteiger partial charge in [0, 0.05) is 13.3 Å². The van der Waals surface area contributed by atoms with Crippen LogP contribution in [0.25, 0.3) is 0 Å². The van der Waals surface area contributed by atoms with Gasteiger partial charge in [0.25, 0.3) is 0 Å². The Labute approximate surface area is 195 Å². The first-order valence-corrected chi connectivity index (χ1v) is 10.8. The van der Waals surface area contributed by atoms with E-state index in [9.17, 15) is 9.90 Å². The Balaban J connectivity index is 0.00000140. The first-order chi connectivity index (χ1) is 12.3. The summed E-state index contributed by atoms with van der Waals surface area (Å²) in [6.45, 7) is 8.49. The maximum atomic E-state index is 11.4. The zero-order valence-corrected chi connectivity index (χ0v) is 20.0. The number of aliphatic hydroxyl groups is 1. The van der Waals surface area contributed by atoms with Crippen molar-refractivity contribution in [3.63, 3.8) is 0 Å². The molecule has 0 saturated heterocycles. The number of rotatable bonds is 2. The smallest absolute Gasteiger partial charge is 0.462 e. The molecule has 4 aliphatic rings. The van der Waals surface area contributed by atoms with Crippen molar-refractivity contribution in [2.75, 3.05) is 0 Å². The quantitative estimate of drug-likeness (QED) is 0.417. The maximum Gasteiger partial charge on any atom is 1.00 e. The third-order valence-electron chi connectivity index (χ3n) is 9.05. The van der Waals surface area contributed by atoms with E-state index in [0.29, 0.717) is 16.7 Å². The molecular formula is C23H40BNaO3. The molecule has 28 heavy (non-hydrogen) atoms. The molecule has 4 rings (SSSR count). The summed E-state index contributed by atoms with van der Waals surface area (Å²) < 4.78 is 5.54. The van der Waals surface area contributed by atoms with E-state index in [2.05, 4.69) is 19.9 Å². The molecule has 0 aromatic carbocycles. The van der Waals surface area contributed by atoms with Crippen LogP contribution in [0.15, 0.2) is 11.6 Å². The monoisotopic (exact) mass is 398 g/mol. The average molecular weight is 398 g/mol. The summed E-state index contributed by atoms with van der Waals surface area (Å²) in [6.07, 6.45) is 11.8. The maximum absolute atomic E-state index is 11.4. The van der Waals surface area contributed by atoms with Gasteiger partial charge in [0.2, 0.25) is 0 Å². The minimum atomic E-state index is -0.175. The first kappa shape index (κ1) is 24.5. The van der Waals surface area contributed by atoms with Crippen LogP contribution in [-0.2, 0) is 9.53 Å². The predicted octanol–water partition coefficient (Wildman–Crippen LogP) is 0.430. The molecule has 0 aromatic heterocycles. The van der Waals surface area contributed by atoms with E-state index in [1.54, 1.807) is 5.57 Å². The van der Waals surface area contributed by atoms with Gasteiger partial charge in [0.05, 0.1) is 6.10 Å². The second kappa shape index (κ2) is 8.77. The van der Waals surface area contributed by atoms with Crippen LogP contribution >= 0.6 is 0 Å². The molecule has 0 spiro atoms. The van der Waals surface area contributed by atoms with Gasteiger partial charge in [-0.2, -0.15) is 0 Å². The van der Waals surface area contributed by atoms with Gasteiger partial charge in [0.15, 0.2) is 0 Å². The van der Waals surface area contributed by atoms with Crippen LogP contribution in [0.2, 0.25) is 0 Å². The Morgan fingerprint density at radius 1 is 1.18 bits per heavy atom. The molecule has 2 unspecified atom stereocenters. The topological polar surface area (TPSA) is 46.5 Å². The fraction of sp³-hybridized carbons (Fsp3) is 0.870. The van der Waals surface area contributed by atoms with Gasteiger partial charge in [-0.3, -0.25) is 4.79 Å². The minimum absolute atomic E-state index is 0. The third kappa shape index (κ3) is 3.81. The van der Waals surface area contributed by atoms with Crippen LogP contribution in [0.3, 0.4) is 0 Å². The Hall–Kier alpha value is 0.235. The van der Waals surface area contributed by atoms with Gasteiger partial charge in [0.1, 0.15) is 6.10 Å². The summed E-state index contributed by atoms with van der Waals surface area (Å²) in [5.74, 6) is 2.65. The zero-order valence-electron chi connectivity index (χ0n) is 18.0. The molecule has 4 aliphatic carbocycles. The molecule has 3 fully saturated rings. The zero-order chi connectivity index (χ0) is 18.7. The Kier molecular flexibility index (Phi) is 7.67. The van der Waals surface area contributed by atoms with Crippen molar-refractivity contribution in [3.05, 3.63) is 11.6 Å². The summed E-state index contributed by atoms with van der Waals surface area (Å²) in [6, 6.07) is 0. The predicted molar refractivity (Wildman–Crippen MR) is 114 cm³/mol. The number of ether oxygens (including phenoxy) is 1. The van der Waals surface area contributed by atoms with Crippen molar-refractivity contribution in [2.24, 2.45) is 34.5 Å². The van der Waals surface area contributed by atoms with E-state index in [1.807, 2.05) is 6.92 Å². The first-order valence-electron chi connectivity index (χ1n) is 10.8.